The molecule has 8 heteroatoms. The molecule has 0 atom stereocenters. The average molecular weight is 454 g/mol. The molecule has 28 heavy (non-hydrogen) atoms. The number of urea groups is 1. The second-order valence-electron chi connectivity index (χ2n) is 6.98. The highest BCUT2D eigenvalue weighted by Crippen LogP contribution is 2.36. The number of benzene rings is 1. The summed E-state index contributed by atoms with van der Waals surface area (Å²) in [4.78, 5) is 18.9. The van der Waals surface area contributed by atoms with Gasteiger partial charge in [0, 0.05) is 28.5 Å². The average Bonchev–Trinajstić information content (AvgIpc) is 2.59. The fourth-order valence-corrected chi connectivity index (χ4v) is 3.48. The Morgan fingerprint density at radius 3 is 2.64 bits per heavy atom. The number of ether oxygens (including phenoxy) is 1. The first-order valence-corrected chi connectivity index (χ1v) is 9.95. The summed E-state index contributed by atoms with van der Waals surface area (Å²) in [5.41, 5.74) is 1.88. The fourth-order valence-electron chi connectivity index (χ4n) is 3.17. The number of nitrogens with one attached hydrogen (secondary N) is 1. The maximum atomic E-state index is 13.2. The van der Waals surface area contributed by atoms with Crippen molar-refractivity contribution in [2.75, 3.05) is 10.2 Å². The summed E-state index contributed by atoms with van der Waals surface area (Å²) in [5, 5.41) is 2.65. The van der Waals surface area contributed by atoms with Gasteiger partial charge in [0.2, 0.25) is 0 Å². The molecule has 1 aromatic carbocycles. The van der Waals surface area contributed by atoms with E-state index in [1.54, 1.807) is 4.90 Å². The molecular formula is C20H22BrF2N3O2. The standard InChI is InChI=1S/C20H22BrF2N3O2/c1-12(2)15-8-3-4-9-16(15)26(14-6-5-7-14)20(27)25-18-17(28-19(22)23)10-13(21)11-24-18/h3-4,8-12,14,19H,5-7H2,1-2H3,(H,24,25,27). The number of para-hydroxylation sites is 1. The summed E-state index contributed by atoms with van der Waals surface area (Å²) in [7, 11) is 0. The normalized spacial score (nSPS) is 14.1. The molecule has 1 heterocycles. The fraction of sp³-hybridized carbons (Fsp3) is 0.400. The van der Waals surface area contributed by atoms with Gasteiger partial charge in [0.05, 0.1) is 0 Å². The van der Waals surface area contributed by atoms with E-state index in [-0.39, 0.29) is 23.5 Å². The molecular weight excluding hydrogens is 432 g/mol. The van der Waals surface area contributed by atoms with E-state index in [2.05, 4.69) is 44.8 Å². The van der Waals surface area contributed by atoms with Crippen molar-refractivity contribution in [3.8, 4) is 5.75 Å². The van der Waals surface area contributed by atoms with E-state index in [0.29, 0.717) is 4.47 Å². The van der Waals surface area contributed by atoms with Gasteiger partial charge in [-0.2, -0.15) is 8.78 Å². The molecule has 1 aliphatic rings. The van der Waals surface area contributed by atoms with Crippen molar-refractivity contribution in [3.05, 3.63) is 46.6 Å². The second kappa shape index (κ2) is 8.86. The number of halogens is 3. The number of carbonyl (C=O) groups excluding carboxylic acids is 1. The van der Waals surface area contributed by atoms with E-state index in [0.717, 1.165) is 30.5 Å². The highest BCUT2D eigenvalue weighted by molar-refractivity contribution is 9.10. The van der Waals surface area contributed by atoms with Crippen LogP contribution in [0.25, 0.3) is 0 Å². The third kappa shape index (κ3) is 4.60. The summed E-state index contributed by atoms with van der Waals surface area (Å²) < 4.78 is 30.5. The van der Waals surface area contributed by atoms with Gasteiger partial charge in [-0.3, -0.25) is 10.2 Å². The minimum Gasteiger partial charge on any atom is -0.431 e. The number of aromatic nitrogens is 1. The number of rotatable bonds is 6. The van der Waals surface area contributed by atoms with Gasteiger partial charge in [0.25, 0.3) is 0 Å². The third-order valence-electron chi connectivity index (χ3n) is 4.74. The van der Waals surface area contributed by atoms with Crippen molar-refractivity contribution in [1.82, 2.24) is 4.98 Å². The van der Waals surface area contributed by atoms with Crippen LogP contribution >= 0.6 is 15.9 Å². The largest absolute Gasteiger partial charge is 0.431 e. The lowest BCUT2D eigenvalue weighted by molar-refractivity contribution is -0.0495. The minimum atomic E-state index is -3.02. The molecule has 0 unspecified atom stereocenters. The van der Waals surface area contributed by atoms with Crippen LogP contribution in [0.1, 0.15) is 44.6 Å². The molecule has 2 amide bonds. The highest BCUT2D eigenvalue weighted by Gasteiger charge is 2.32. The van der Waals surface area contributed by atoms with Gasteiger partial charge in [0.1, 0.15) is 0 Å². The third-order valence-corrected chi connectivity index (χ3v) is 5.17. The number of anilines is 2. The predicted molar refractivity (Wildman–Crippen MR) is 108 cm³/mol. The Kier molecular flexibility index (Phi) is 6.49. The second-order valence-corrected chi connectivity index (χ2v) is 7.89. The van der Waals surface area contributed by atoms with Crippen molar-refractivity contribution >= 4 is 33.5 Å². The number of pyridine rings is 1. The molecule has 0 bridgehead atoms. The van der Waals surface area contributed by atoms with E-state index in [1.165, 1.54) is 12.3 Å². The van der Waals surface area contributed by atoms with Gasteiger partial charge in [-0.25, -0.2) is 9.78 Å². The van der Waals surface area contributed by atoms with Gasteiger partial charge in [-0.15, -0.1) is 0 Å². The van der Waals surface area contributed by atoms with Crippen LogP contribution in [0.5, 0.6) is 5.75 Å². The van der Waals surface area contributed by atoms with E-state index < -0.39 is 12.6 Å². The Hall–Kier alpha value is -2.22. The molecule has 0 saturated heterocycles. The number of amides is 2. The molecule has 2 aromatic rings. The zero-order chi connectivity index (χ0) is 20.3. The topological polar surface area (TPSA) is 54.5 Å². The zero-order valence-electron chi connectivity index (χ0n) is 15.7. The summed E-state index contributed by atoms with van der Waals surface area (Å²) in [6.45, 7) is 1.12. The minimum absolute atomic E-state index is 0.0418. The molecule has 1 aromatic heterocycles. The first kappa shape index (κ1) is 20.5. The molecule has 1 fully saturated rings. The first-order valence-electron chi connectivity index (χ1n) is 9.16. The van der Waals surface area contributed by atoms with Crippen molar-refractivity contribution in [3.63, 3.8) is 0 Å². The predicted octanol–water partition coefficient (Wildman–Crippen LogP) is 6.16. The highest BCUT2D eigenvalue weighted by atomic mass is 79.9. The smallest absolute Gasteiger partial charge is 0.387 e. The molecule has 3 rings (SSSR count). The molecule has 5 nitrogen and oxygen atoms in total. The van der Waals surface area contributed by atoms with Crippen LogP contribution in [0, 0.1) is 0 Å². The first-order chi connectivity index (χ1) is 13.4. The quantitative estimate of drug-likeness (QED) is 0.569. The summed E-state index contributed by atoms with van der Waals surface area (Å²) in [6, 6.07) is 8.76. The van der Waals surface area contributed by atoms with Gasteiger partial charge < -0.3 is 4.74 Å². The van der Waals surface area contributed by atoms with Crippen LogP contribution < -0.4 is 15.0 Å². The number of hydrogen-bond acceptors (Lipinski definition) is 3. The molecule has 1 aliphatic carbocycles. The molecule has 1 N–H and O–H groups in total. The maximum Gasteiger partial charge on any atom is 0.387 e. The summed E-state index contributed by atoms with van der Waals surface area (Å²) in [6.07, 6.45) is 4.26. The van der Waals surface area contributed by atoms with Gasteiger partial charge in [0.15, 0.2) is 11.6 Å². The number of alkyl halides is 2. The van der Waals surface area contributed by atoms with Crippen LogP contribution in [-0.4, -0.2) is 23.7 Å². The SMILES string of the molecule is CC(C)c1ccccc1N(C(=O)Nc1ncc(Br)cc1OC(F)F)C1CCC1. The molecule has 150 valence electrons. The summed E-state index contributed by atoms with van der Waals surface area (Å²) in [5.74, 6) is -0.00149. The van der Waals surface area contributed by atoms with Crippen molar-refractivity contribution in [2.45, 2.75) is 51.7 Å². The summed E-state index contributed by atoms with van der Waals surface area (Å²) >= 11 is 3.18. The van der Waals surface area contributed by atoms with Crippen LogP contribution in [-0.2, 0) is 0 Å². The van der Waals surface area contributed by atoms with Crippen molar-refractivity contribution in [2.24, 2.45) is 0 Å². The van der Waals surface area contributed by atoms with Crippen LogP contribution in [0.15, 0.2) is 41.0 Å². The van der Waals surface area contributed by atoms with Crippen LogP contribution in [0.4, 0.5) is 25.1 Å². The Morgan fingerprint density at radius 2 is 2.04 bits per heavy atom. The van der Waals surface area contributed by atoms with Crippen molar-refractivity contribution < 1.29 is 18.3 Å². The van der Waals surface area contributed by atoms with E-state index in [1.807, 2.05) is 24.3 Å². The lowest BCUT2D eigenvalue weighted by Crippen LogP contribution is -2.47. The van der Waals surface area contributed by atoms with Crippen LogP contribution in [0.2, 0.25) is 0 Å². The number of hydrogen-bond donors (Lipinski definition) is 1. The molecule has 1 saturated carbocycles. The van der Waals surface area contributed by atoms with Gasteiger partial charge in [-0.1, -0.05) is 32.0 Å². The Bertz CT molecular complexity index is 844. The number of carbonyl (C=O) groups is 1. The lowest BCUT2D eigenvalue weighted by Gasteiger charge is -2.38. The zero-order valence-corrected chi connectivity index (χ0v) is 17.2. The Balaban J connectivity index is 1.92. The van der Waals surface area contributed by atoms with E-state index in [4.69, 9.17) is 0 Å². The molecule has 0 radical (unpaired) electrons. The molecule has 0 aliphatic heterocycles. The number of nitrogens with zero attached hydrogens (tertiary/aromatic N) is 2. The van der Waals surface area contributed by atoms with E-state index in [9.17, 15) is 13.6 Å². The monoisotopic (exact) mass is 453 g/mol. The maximum absolute atomic E-state index is 13.2. The van der Waals surface area contributed by atoms with Crippen molar-refractivity contribution in [1.29, 1.82) is 0 Å². The molecule has 0 spiro atoms. The van der Waals surface area contributed by atoms with Crippen LogP contribution in [0.3, 0.4) is 0 Å². The Labute approximate surface area is 171 Å². The van der Waals surface area contributed by atoms with Gasteiger partial charge in [-0.05, 0) is 52.7 Å². The lowest BCUT2D eigenvalue weighted by atomic mass is 9.90. The van der Waals surface area contributed by atoms with Gasteiger partial charge >= 0.3 is 12.6 Å². The van der Waals surface area contributed by atoms with E-state index >= 15 is 0 Å². The Morgan fingerprint density at radius 1 is 1.32 bits per heavy atom.